The molecule has 7 heteroatoms. The Bertz CT molecular complexity index is 680. The fourth-order valence-corrected chi connectivity index (χ4v) is 2.14. The minimum Gasteiger partial charge on any atom is -0.276 e. The van der Waals surface area contributed by atoms with Gasteiger partial charge in [-0.25, -0.2) is 0 Å². The van der Waals surface area contributed by atoms with Crippen molar-refractivity contribution >= 4 is 15.7 Å². The lowest BCUT2D eigenvalue weighted by Gasteiger charge is -2.11. The topological polar surface area (TPSA) is 46.2 Å². The quantitative estimate of drug-likeness (QED) is 0.941. The van der Waals surface area contributed by atoms with Gasteiger partial charge in [-0.05, 0) is 23.3 Å². The predicted octanol–water partition coefficient (Wildman–Crippen LogP) is 3.62. The molecule has 2 aromatic carbocycles. The summed E-state index contributed by atoms with van der Waals surface area (Å²) in [6, 6.07) is 14.8. The molecule has 0 radical (unpaired) electrons. The van der Waals surface area contributed by atoms with E-state index < -0.39 is 15.5 Å². The maximum absolute atomic E-state index is 12.2. The van der Waals surface area contributed by atoms with Crippen LogP contribution in [0, 0.1) is 0 Å². The Morgan fingerprint density at radius 1 is 0.800 bits per heavy atom. The Kier molecular flexibility index (Phi) is 3.71. The summed E-state index contributed by atoms with van der Waals surface area (Å²) in [7, 11) is -5.38. The molecule has 0 amide bonds. The highest BCUT2D eigenvalue weighted by Crippen LogP contribution is 2.26. The van der Waals surface area contributed by atoms with E-state index in [1.807, 2.05) is 30.3 Å². The fourth-order valence-electron chi connectivity index (χ4n) is 1.57. The second kappa shape index (κ2) is 5.16. The average Bonchev–Trinajstić information content (AvgIpc) is 2.39. The van der Waals surface area contributed by atoms with Crippen LogP contribution in [-0.4, -0.2) is 13.9 Å². The number of rotatable bonds is 3. The third-order valence-corrected chi connectivity index (χ3v) is 3.66. The predicted molar refractivity (Wildman–Crippen MR) is 70.5 cm³/mol. The Hall–Kier alpha value is -2.02. The number of benzene rings is 2. The highest BCUT2D eigenvalue weighted by molar-refractivity contribution is 7.93. The summed E-state index contributed by atoms with van der Waals surface area (Å²) in [5.41, 5.74) is -3.80. The molecule has 0 unspecified atom stereocenters. The fraction of sp³-hybridized carbons (Fsp3) is 0.0769. The number of hydrogen-bond donors (Lipinski definition) is 1. The molecule has 0 atom stereocenters. The first-order valence-electron chi connectivity index (χ1n) is 5.54. The summed E-state index contributed by atoms with van der Waals surface area (Å²) in [6.07, 6.45) is 0. The summed E-state index contributed by atoms with van der Waals surface area (Å²) >= 11 is 0. The number of alkyl halides is 3. The van der Waals surface area contributed by atoms with E-state index in [1.54, 1.807) is 12.1 Å². The minimum absolute atomic E-state index is 0.137. The molecule has 0 spiro atoms. The molecule has 0 aliphatic carbocycles. The van der Waals surface area contributed by atoms with Crippen LogP contribution in [0.25, 0.3) is 11.1 Å². The van der Waals surface area contributed by atoms with Crippen molar-refractivity contribution in [3.63, 3.8) is 0 Å². The number of halogens is 3. The summed E-state index contributed by atoms with van der Waals surface area (Å²) in [4.78, 5) is 0. The molecular formula is C13H10F3NO2S. The van der Waals surface area contributed by atoms with Crippen molar-refractivity contribution in [3.05, 3.63) is 54.6 Å². The molecule has 0 heterocycles. The van der Waals surface area contributed by atoms with Gasteiger partial charge in [0.25, 0.3) is 0 Å². The molecular weight excluding hydrogens is 291 g/mol. The highest BCUT2D eigenvalue weighted by atomic mass is 32.2. The normalized spacial score (nSPS) is 12.2. The first-order chi connectivity index (χ1) is 9.29. The summed E-state index contributed by atoms with van der Waals surface area (Å²) in [5, 5.41) is 0. The van der Waals surface area contributed by atoms with Gasteiger partial charge in [0, 0.05) is 5.69 Å². The van der Waals surface area contributed by atoms with Gasteiger partial charge in [-0.2, -0.15) is 21.6 Å². The first kappa shape index (κ1) is 14.4. The molecule has 2 rings (SSSR count). The van der Waals surface area contributed by atoms with Crippen molar-refractivity contribution in [1.82, 2.24) is 0 Å². The summed E-state index contributed by atoms with van der Waals surface area (Å²) in [6.45, 7) is 0. The third kappa shape index (κ3) is 3.11. The van der Waals surface area contributed by atoms with Crippen molar-refractivity contribution in [2.75, 3.05) is 4.72 Å². The Morgan fingerprint density at radius 3 is 1.80 bits per heavy atom. The Labute approximate surface area is 114 Å². The van der Waals surface area contributed by atoms with Gasteiger partial charge in [-0.3, -0.25) is 4.72 Å². The number of hydrogen-bond acceptors (Lipinski definition) is 2. The van der Waals surface area contributed by atoms with Gasteiger partial charge in [-0.15, -0.1) is 0 Å². The van der Waals surface area contributed by atoms with E-state index in [-0.39, 0.29) is 5.69 Å². The van der Waals surface area contributed by atoms with Crippen LogP contribution in [0.2, 0.25) is 0 Å². The molecule has 1 N–H and O–H groups in total. The van der Waals surface area contributed by atoms with Crippen LogP contribution in [0.3, 0.4) is 0 Å². The van der Waals surface area contributed by atoms with Crippen molar-refractivity contribution < 1.29 is 21.6 Å². The van der Waals surface area contributed by atoms with Crippen LogP contribution in [0.5, 0.6) is 0 Å². The molecule has 0 saturated heterocycles. The zero-order valence-corrected chi connectivity index (χ0v) is 10.9. The van der Waals surface area contributed by atoms with Crippen LogP contribution < -0.4 is 4.72 Å². The molecule has 0 aliphatic heterocycles. The molecule has 0 aromatic heterocycles. The summed E-state index contributed by atoms with van der Waals surface area (Å²) in [5.74, 6) is 0. The zero-order valence-electron chi connectivity index (χ0n) is 10.1. The van der Waals surface area contributed by atoms with Crippen molar-refractivity contribution in [2.45, 2.75) is 5.51 Å². The van der Waals surface area contributed by atoms with E-state index in [1.165, 1.54) is 16.9 Å². The van der Waals surface area contributed by atoms with E-state index in [0.29, 0.717) is 0 Å². The molecule has 0 aliphatic rings. The van der Waals surface area contributed by atoms with Gasteiger partial charge in [0.05, 0.1) is 0 Å². The number of anilines is 1. The second-order valence-electron chi connectivity index (χ2n) is 3.99. The van der Waals surface area contributed by atoms with Gasteiger partial charge in [0.1, 0.15) is 0 Å². The van der Waals surface area contributed by atoms with Gasteiger partial charge in [0.2, 0.25) is 0 Å². The van der Waals surface area contributed by atoms with Crippen LogP contribution in [0.15, 0.2) is 54.6 Å². The van der Waals surface area contributed by atoms with Crippen molar-refractivity contribution in [3.8, 4) is 11.1 Å². The van der Waals surface area contributed by atoms with Gasteiger partial charge < -0.3 is 0 Å². The van der Waals surface area contributed by atoms with Crippen molar-refractivity contribution in [2.24, 2.45) is 0 Å². The lowest BCUT2D eigenvalue weighted by atomic mass is 10.1. The van der Waals surface area contributed by atoms with E-state index in [9.17, 15) is 21.6 Å². The number of nitrogens with one attached hydrogen (secondary N) is 1. The molecule has 20 heavy (non-hydrogen) atoms. The smallest absolute Gasteiger partial charge is 0.276 e. The average molecular weight is 301 g/mol. The molecule has 2 aromatic rings. The highest BCUT2D eigenvalue weighted by Gasteiger charge is 2.45. The molecule has 0 saturated carbocycles. The molecule has 0 bridgehead atoms. The minimum atomic E-state index is -5.38. The number of sulfonamides is 1. The lowest BCUT2D eigenvalue weighted by Crippen LogP contribution is -2.29. The molecule has 0 fully saturated rings. The molecule has 3 nitrogen and oxygen atoms in total. The van der Waals surface area contributed by atoms with E-state index in [4.69, 9.17) is 0 Å². The maximum atomic E-state index is 12.2. The Balaban J connectivity index is 2.22. The van der Waals surface area contributed by atoms with Crippen LogP contribution >= 0.6 is 0 Å². The van der Waals surface area contributed by atoms with Crippen LogP contribution in [-0.2, 0) is 10.0 Å². The van der Waals surface area contributed by atoms with Crippen LogP contribution in [0.4, 0.5) is 18.9 Å². The van der Waals surface area contributed by atoms with Gasteiger partial charge in [-0.1, -0.05) is 42.5 Å². The van der Waals surface area contributed by atoms with Gasteiger partial charge in [0.15, 0.2) is 0 Å². The Morgan fingerprint density at radius 2 is 1.30 bits per heavy atom. The van der Waals surface area contributed by atoms with E-state index in [2.05, 4.69) is 0 Å². The monoisotopic (exact) mass is 301 g/mol. The third-order valence-electron chi connectivity index (χ3n) is 2.55. The largest absolute Gasteiger partial charge is 0.516 e. The lowest BCUT2D eigenvalue weighted by molar-refractivity contribution is -0.0429. The van der Waals surface area contributed by atoms with E-state index >= 15 is 0 Å². The van der Waals surface area contributed by atoms with E-state index in [0.717, 1.165) is 11.1 Å². The zero-order chi connectivity index (χ0) is 14.8. The van der Waals surface area contributed by atoms with Gasteiger partial charge >= 0.3 is 15.5 Å². The molecule has 106 valence electrons. The first-order valence-corrected chi connectivity index (χ1v) is 7.02. The summed E-state index contributed by atoms with van der Waals surface area (Å²) < 4.78 is 60.0. The van der Waals surface area contributed by atoms with Crippen molar-refractivity contribution in [1.29, 1.82) is 0 Å². The maximum Gasteiger partial charge on any atom is 0.516 e. The van der Waals surface area contributed by atoms with Crippen LogP contribution in [0.1, 0.15) is 0 Å². The standard InChI is InChI=1S/C13H10F3NO2S/c14-13(15,16)20(18,19)17-12-8-6-11(7-9-12)10-4-2-1-3-5-10/h1-9,17H. The SMILES string of the molecule is O=S(=O)(Nc1ccc(-c2ccccc2)cc1)C(F)(F)F. The second-order valence-corrected chi connectivity index (χ2v) is 5.67.